The molecule has 1 aliphatic rings. The van der Waals surface area contributed by atoms with Crippen LogP contribution in [0.2, 0.25) is 0 Å². The maximum atomic E-state index is 12.7. The molecule has 1 aliphatic heterocycles. The molecule has 2 unspecified atom stereocenters. The molecule has 1 saturated heterocycles. The van der Waals surface area contributed by atoms with Crippen molar-refractivity contribution in [2.45, 2.75) is 205 Å². The third-order valence-electron chi connectivity index (χ3n) is 10.2. The number of esters is 2. The number of carbonyl (C=O) groups excluding carboxylic acids is 2. The molecule has 0 bridgehead atoms. The van der Waals surface area contributed by atoms with Gasteiger partial charge in [-0.15, -0.1) is 0 Å². The van der Waals surface area contributed by atoms with Crippen LogP contribution in [0.4, 0.5) is 0 Å². The monoisotopic (exact) mass is 869 g/mol. The van der Waals surface area contributed by atoms with Crippen molar-refractivity contribution in [2.75, 3.05) is 19.0 Å². The molecule has 1 rings (SSSR count). The van der Waals surface area contributed by atoms with Crippen molar-refractivity contribution in [1.82, 2.24) is 0 Å². The number of unbranched alkanes of at least 4 members (excludes halogenated alkanes) is 18. The van der Waals surface area contributed by atoms with E-state index in [-0.39, 0.29) is 13.0 Å². The van der Waals surface area contributed by atoms with Gasteiger partial charge in [-0.1, -0.05) is 165 Å². The highest BCUT2D eigenvalue weighted by Crippen LogP contribution is 2.24. The number of carbonyl (C=O) groups is 2. The highest BCUT2D eigenvalue weighted by molar-refractivity contribution is 7.85. The Hall–Kier alpha value is -2.65. The maximum absolute atomic E-state index is 12.7. The van der Waals surface area contributed by atoms with Gasteiger partial charge >= 0.3 is 11.9 Å². The zero-order valence-electron chi connectivity index (χ0n) is 36.8. The number of aliphatic hydroxyl groups excluding tert-OH is 3. The van der Waals surface area contributed by atoms with Crippen LogP contribution < -0.4 is 0 Å². The molecular formula is C47H80O12S. The van der Waals surface area contributed by atoms with Gasteiger partial charge in [0.15, 0.2) is 12.4 Å². The van der Waals surface area contributed by atoms with E-state index in [0.717, 1.165) is 38.5 Å². The van der Waals surface area contributed by atoms with Gasteiger partial charge in [0.05, 0.1) is 6.61 Å². The third-order valence-corrected chi connectivity index (χ3v) is 10.9. The van der Waals surface area contributed by atoms with Gasteiger partial charge in [-0.3, -0.25) is 9.35 Å². The van der Waals surface area contributed by atoms with E-state index in [1.807, 2.05) is 18.2 Å². The van der Waals surface area contributed by atoms with E-state index in [1.54, 1.807) is 12.2 Å². The van der Waals surface area contributed by atoms with Crippen molar-refractivity contribution in [3.8, 4) is 0 Å². The van der Waals surface area contributed by atoms with E-state index in [4.69, 9.17) is 18.9 Å². The maximum Gasteiger partial charge on any atom is 0.331 e. The highest BCUT2D eigenvalue weighted by Gasteiger charge is 2.46. The third kappa shape index (κ3) is 31.2. The second-order valence-electron chi connectivity index (χ2n) is 15.8. The van der Waals surface area contributed by atoms with Crippen LogP contribution in [0.5, 0.6) is 0 Å². The first-order valence-electron chi connectivity index (χ1n) is 22.9. The van der Waals surface area contributed by atoms with Crippen LogP contribution in [0.15, 0.2) is 60.8 Å². The number of allylic oxidation sites excluding steroid dienone is 9. The van der Waals surface area contributed by atoms with Crippen LogP contribution in [0.25, 0.3) is 0 Å². The topological polar surface area (TPSA) is 186 Å². The molecule has 0 aromatic heterocycles. The molecule has 12 nitrogen and oxygen atoms in total. The van der Waals surface area contributed by atoms with Crippen molar-refractivity contribution in [1.29, 1.82) is 0 Å². The molecule has 346 valence electrons. The Morgan fingerprint density at radius 2 is 1.12 bits per heavy atom. The second-order valence-corrected chi connectivity index (χ2v) is 17.3. The molecule has 1 fully saturated rings. The van der Waals surface area contributed by atoms with Crippen LogP contribution in [0.1, 0.15) is 168 Å². The lowest BCUT2D eigenvalue weighted by atomic mass is 10.00. The standard InChI is InChI=1S/C47H80O12S/c1-3-5-7-9-11-13-15-17-19-20-22-23-25-27-29-31-33-35-42(48)56-37-40(38-57-47-46(52)45(51)44(50)41(59-47)39-60(53,54)55)58-43(49)36-34-32-30-28-26-24-21-18-16-14-12-10-8-6-4-2/h17,19,22-23,27,29-30,32,34,36,40-41,44-47,50-52H,3-16,18,20-21,24-26,28,31,33,35,37-39H2,1-2H3,(H,53,54,55)/b19-17+,23-22+,29-27+,32-30+,36-34+/t40-,41-,44-,45?,46?,47+/m1/s1. The van der Waals surface area contributed by atoms with Crippen LogP contribution in [0, 0.1) is 0 Å². The summed E-state index contributed by atoms with van der Waals surface area (Å²) in [6, 6.07) is 0. The number of ether oxygens (including phenoxy) is 4. The number of hydrogen-bond acceptors (Lipinski definition) is 11. The fourth-order valence-electron chi connectivity index (χ4n) is 6.60. The fourth-order valence-corrected chi connectivity index (χ4v) is 7.29. The van der Waals surface area contributed by atoms with Crippen LogP contribution in [-0.2, 0) is 38.7 Å². The summed E-state index contributed by atoms with van der Waals surface area (Å²) in [6.07, 6.45) is 36.2. The molecule has 0 aromatic carbocycles. The quantitative estimate of drug-likeness (QED) is 0.0116. The Bertz CT molecular complexity index is 1340. The first kappa shape index (κ1) is 55.4. The number of aliphatic hydroxyl groups is 3. The molecule has 60 heavy (non-hydrogen) atoms. The van der Waals surface area contributed by atoms with E-state index in [1.165, 1.54) is 102 Å². The van der Waals surface area contributed by atoms with Crippen molar-refractivity contribution < 1.29 is 56.8 Å². The average Bonchev–Trinajstić information content (AvgIpc) is 3.21. The average molecular weight is 869 g/mol. The molecule has 0 aromatic rings. The Morgan fingerprint density at radius 1 is 0.617 bits per heavy atom. The predicted molar refractivity (Wildman–Crippen MR) is 238 cm³/mol. The molecule has 0 amide bonds. The molecule has 13 heteroatoms. The lowest BCUT2D eigenvalue weighted by Crippen LogP contribution is -2.60. The first-order valence-corrected chi connectivity index (χ1v) is 24.5. The van der Waals surface area contributed by atoms with Gasteiger partial charge < -0.3 is 34.3 Å². The summed E-state index contributed by atoms with van der Waals surface area (Å²) in [5, 5.41) is 30.8. The second kappa shape index (κ2) is 37.0. The molecule has 0 aliphatic carbocycles. The van der Waals surface area contributed by atoms with Crippen LogP contribution in [0.3, 0.4) is 0 Å². The normalized spacial score (nSPS) is 20.7. The summed E-state index contributed by atoms with van der Waals surface area (Å²) in [7, 11) is -4.62. The van der Waals surface area contributed by atoms with E-state index in [2.05, 4.69) is 38.2 Å². The van der Waals surface area contributed by atoms with Gasteiger partial charge in [-0.25, -0.2) is 4.79 Å². The van der Waals surface area contributed by atoms with E-state index in [9.17, 15) is 37.9 Å². The molecule has 6 atom stereocenters. The van der Waals surface area contributed by atoms with Gasteiger partial charge in [-0.05, 0) is 51.4 Å². The Labute approximate surface area is 362 Å². The number of hydrogen-bond donors (Lipinski definition) is 4. The van der Waals surface area contributed by atoms with Gasteiger partial charge in [0, 0.05) is 12.5 Å². The molecular weight excluding hydrogens is 789 g/mol. The minimum absolute atomic E-state index is 0.126. The first-order chi connectivity index (χ1) is 29.0. The summed E-state index contributed by atoms with van der Waals surface area (Å²) in [5.74, 6) is -2.32. The van der Waals surface area contributed by atoms with Crippen molar-refractivity contribution in [3.63, 3.8) is 0 Å². The molecule has 0 saturated carbocycles. The van der Waals surface area contributed by atoms with E-state index >= 15 is 0 Å². The van der Waals surface area contributed by atoms with Crippen molar-refractivity contribution in [2.24, 2.45) is 0 Å². The summed E-state index contributed by atoms with van der Waals surface area (Å²) in [6.45, 7) is 3.60. The fraction of sp³-hybridized carbons (Fsp3) is 0.745. The van der Waals surface area contributed by atoms with Crippen molar-refractivity contribution in [3.05, 3.63) is 60.8 Å². The molecule has 0 radical (unpaired) electrons. The van der Waals surface area contributed by atoms with E-state index < -0.39 is 71.2 Å². The highest BCUT2D eigenvalue weighted by atomic mass is 32.2. The zero-order valence-corrected chi connectivity index (χ0v) is 37.6. The minimum atomic E-state index is -4.62. The summed E-state index contributed by atoms with van der Waals surface area (Å²) < 4.78 is 53.8. The summed E-state index contributed by atoms with van der Waals surface area (Å²) >= 11 is 0. The molecule has 4 N–H and O–H groups in total. The van der Waals surface area contributed by atoms with Crippen molar-refractivity contribution >= 4 is 22.1 Å². The smallest absolute Gasteiger partial charge is 0.331 e. The Balaban J connectivity index is 2.54. The molecule has 0 spiro atoms. The summed E-state index contributed by atoms with van der Waals surface area (Å²) in [5.41, 5.74) is 0. The Morgan fingerprint density at radius 3 is 1.67 bits per heavy atom. The number of rotatable bonds is 37. The van der Waals surface area contributed by atoms with Crippen LogP contribution in [-0.4, -0.2) is 96.0 Å². The lowest BCUT2D eigenvalue weighted by molar-refractivity contribution is -0.297. The SMILES string of the molecule is CCCCCCCC/C=C/C/C=C/C/C=C/CCCC(=O)OC[C@H](CO[C@H]1O[C@H](CS(=O)(=O)O)[C@@H](O)C(O)C1O)OC(=O)/C=C/C=C/CCCCCCCCCCCCC. The largest absolute Gasteiger partial charge is 0.462 e. The van der Waals surface area contributed by atoms with Crippen LogP contribution >= 0.6 is 0 Å². The van der Waals surface area contributed by atoms with Gasteiger partial charge in [0.25, 0.3) is 10.1 Å². The summed E-state index contributed by atoms with van der Waals surface area (Å²) in [4.78, 5) is 25.3. The van der Waals surface area contributed by atoms with Gasteiger partial charge in [0.2, 0.25) is 0 Å². The predicted octanol–water partition coefficient (Wildman–Crippen LogP) is 9.34. The van der Waals surface area contributed by atoms with Gasteiger partial charge in [-0.2, -0.15) is 8.42 Å². The molecule has 1 heterocycles. The Kier molecular flexibility index (Phi) is 34.1. The minimum Gasteiger partial charge on any atom is -0.462 e. The van der Waals surface area contributed by atoms with E-state index in [0.29, 0.717) is 12.8 Å². The van der Waals surface area contributed by atoms with Gasteiger partial charge in [0.1, 0.15) is 36.8 Å². The zero-order chi connectivity index (χ0) is 44.1. The lowest BCUT2D eigenvalue weighted by Gasteiger charge is -2.40.